The van der Waals surface area contributed by atoms with Crippen LogP contribution < -0.4 is 10.1 Å². The lowest BCUT2D eigenvalue weighted by molar-refractivity contribution is -0.254. The Hall–Kier alpha value is -1.91. The summed E-state index contributed by atoms with van der Waals surface area (Å²) >= 11 is 0. The first-order valence-corrected chi connectivity index (χ1v) is 9.64. The van der Waals surface area contributed by atoms with E-state index < -0.39 is 48.8 Å². The second-order valence-corrected chi connectivity index (χ2v) is 8.09. The van der Waals surface area contributed by atoms with E-state index in [1.807, 2.05) is 6.92 Å². The van der Waals surface area contributed by atoms with Gasteiger partial charge in [0.1, 0.15) is 35.9 Å². The number of carbonyl (C=O) groups is 1. The summed E-state index contributed by atoms with van der Waals surface area (Å²) in [6, 6.07) is -1.29. The summed E-state index contributed by atoms with van der Waals surface area (Å²) in [5.41, 5.74) is 1.69. The van der Waals surface area contributed by atoms with Gasteiger partial charge in [0.2, 0.25) is 0 Å². The molecule has 1 saturated heterocycles. The molecular formula is C20H29NO8. The zero-order valence-electron chi connectivity index (χ0n) is 17.0. The van der Waals surface area contributed by atoms with Gasteiger partial charge in [0, 0.05) is 12.0 Å². The minimum atomic E-state index is -1.60. The normalized spacial score (nSPS) is 34.3. The SMILES string of the molecule is Cc1c(C)c2c(c(C)c1O)CCC(C)(C(=O)NC1C(O)OC(CO)C(O)C1O)O2. The number of rotatable bonds is 3. The Morgan fingerprint density at radius 2 is 1.79 bits per heavy atom. The maximum atomic E-state index is 13.0. The van der Waals surface area contributed by atoms with E-state index in [4.69, 9.17) is 14.6 Å². The maximum absolute atomic E-state index is 13.0. The highest BCUT2D eigenvalue weighted by atomic mass is 16.6. The fraction of sp³-hybridized carbons (Fsp3) is 0.650. The standard InChI is InChI=1S/C20H29NO8/c1-8-9(2)17-11(10(3)14(8)23)5-6-20(4,29-17)19(27)21-13-16(25)15(24)12(7-22)28-18(13)26/h12-13,15-16,18,22-26H,5-7H2,1-4H3,(H,21,27). The number of aliphatic hydroxyl groups is 4. The number of carbonyl (C=O) groups excluding carboxylic acids is 1. The molecule has 0 radical (unpaired) electrons. The minimum Gasteiger partial charge on any atom is -0.507 e. The van der Waals surface area contributed by atoms with E-state index in [1.165, 1.54) is 0 Å². The Morgan fingerprint density at radius 1 is 1.14 bits per heavy atom. The summed E-state index contributed by atoms with van der Waals surface area (Å²) in [5.74, 6) is 0.186. The van der Waals surface area contributed by atoms with E-state index in [2.05, 4.69) is 5.32 Å². The lowest BCUT2D eigenvalue weighted by atomic mass is 9.86. The average Bonchev–Trinajstić information content (AvgIpc) is 2.70. The van der Waals surface area contributed by atoms with Crippen LogP contribution in [-0.4, -0.2) is 74.3 Å². The lowest BCUT2D eigenvalue weighted by Gasteiger charge is -2.42. The molecule has 3 rings (SSSR count). The Balaban J connectivity index is 1.82. The van der Waals surface area contributed by atoms with Crippen LogP contribution in [0.15, 0.2) is 0 Å². The summed E-state index contributed by atoms with van der Waals surface area (Å²) in [5, 5.41) is 52.3. The van der Waals surface area contributed by atoms with Crippen LogP contribution in [0.5, 0.6) is 11.5 Å². The molecule has 0 bridgehead atoms. The van der Waals surface area contributed by atoms with Gasteiger partial charge >= 0.3 is 0 Å². The highest BCUT2D eigenvalue weighted by molar-refractivity contribution is 5.86. The topological polar surface area (TPSA) is 149 Å². The van der Waals surface area contributed by atoms with Crippen molar-refractivity contribution in [2.24, 2.45) is 0 Å². The predicted molar refractivity (Wildman–Crippen MR) is 102 cm³/mol. The van der Waals surface area contributed by atoms with Gasteiger partial charge < -0.3 is 40.3 Å². The first kappa shape index (κ1) is 21.8. The number of nitrogens with one attached hydrogen (secondary N) is 1. The van der Waals surface area contributed by atoms with E-state index in [0.717, 1.165) is 16.7 Å². The zero-order chi connectivity index (χ0) is 21.7. The Labute approximate surface area is 168 Å². The molecule has 0 aliphatic carbocycles. The van der Waals surface area contributed by atoms with Gasteiger partial charge in [-0.1, -0.05) is 0 Å². The van der Waals surface area contributed by atoms with Crippen molar-refractivity contribution in [3.05, 3.63) is 22.3 Å². The molecule has 1 aromatic rings. The van der Waals surface area contributed by atoms with E-state index in [-0.39, 0.29) is 5.75 Å². The van der Waals surface area contributed by atoms with Gasteiger partial charge in [-0.15, -0.1) is 0 Å². The third kappa shape index (κ3) is 3.57. The second kappa shape index (κ2) is 7.73. The van der Waals surface area contributed by atoms with E-state index >= 15 is 0 Å². The Morgan fingerprint density at radius 3 is 2.41 bits per heavy atom. The Kier molecular flexibility index (Phi) is 5.81. The van der Waals surface area contributed by atoms with Crippen LogP contribution in [0.1, 0.15) is 35.6 Å². The molecular weight excluding hydrogens is 382 g/mol. The van der Waals surface area contributed by atoms with Gasteiger partial charge in [0.15, 0.2) is 11.9 Å². The zero-order valence-corrected chi connectivity index (χ0v) is 17.0. The molecule has 2 heterocycles. The lowest BCUT2D eigenvalue weighted by Crippen LogP contribution is -2.66. The average molecular weight is 411 g/mol. The van der Waals surface area contributed by atoms with Crippen molar-refractivity contribution in [1.82, 2.24) is 5.32 Å². The minimum absolute atomic E-state index is 0.218. The molecule has 1 aromatic carbocycles. The van der Waals surface area contributed by atoms with E-state index in [9.17, 15) is 25.2 Å². The fourth-order valence-electron chi connectivity index (χ4n) is 3.96. The van der Waals surface area contributed by atoms with Crippen molar-refractivity contribution in [3.63, 3.8) is 0 Å². The quantitative estimate of drug-likeness (QED) is 0.383. The molecule has 2 aliphatic rings. The molecule has 9 heteroatoms. The molecule has 6 unspecified atom stereocenters. The monoisotopic (exact) mass is 411 g/mol. The molecule has 1 amide bonds. The highest BCUT2D eigenvalue weighted by Gasteiger charge is 2.48. The number of hydrogen-bond acceptors (Lipinski definition) is 8. The van der Waals surface area contributed by atoms with Crippen molar-refractivity contribution in [2.75, 3.05) is 6.61 Å². The molecule has 29 heavy (non-hydrogen) atoms. The highest BCUT2D eigenvalue weighted by Crippen LogP contribution is 2.43. The van der Waals surface area contributed by atoms with Crippen LogP contribution in [0.4, 0.5) is 0 Å². The number of fused-ring (bicyclic) bond motifs is 1. The number of benzene rings is 1. The van der Waals surface area contributed by atoms with Gasteiger partial charge in [0.25, 0.3) is 5.91 Å². The summed E-state index contributed by atoms with van der Waals surface area (Å²) in [6.45, 7) is 6.41. The maximum Gasteiger partial charge on any atom is 0.264 e. The molecule has 9 nitrogen and oxygen atoms in total. The van der Waals surface area contributed by atoms with Crippen molar-refractivity contribution in [3.8, 4) is 11.5 Å². The van der Waals surface area contributed by atoms with Crippen molar-refractivity contribution < 1.29 is 39.8 Å². The van der Waals surface area contributed by atoms with Crippen molar-refractivity contribution >= 4 is 5.91 Å². The molecule has 1 fully saturated rings. The summed E-state index contributed by atoms with van der Waals surface area (Å²) in [6.07, 6.45) is -4.93. The first-order chi connectivity index (χ1) is 13.5. The number of phenolic OH excluding ortho intramolecular Hbond substituents is 1. The number of aliphatic hydroxyl groups excluding tert-OH is 4. The molecule has 2 aliphatic heterocycles. The van der Waals surface area contributed by atoms with Gasteiger partial charge in [-0.2, -0.15) is 0 Å². The number of phenols is 1. The summed E-state index contributed by atoms with van der Waals surface area (Å²) in [7, 11) is 0. The van der Waals surface area contributed by atoms with Gasteiger partial charge in [0.05, 0.1) is 6.61 Å². The van der Waals surface area contributed by atoms with Crippen LogP contribution in [0, 0.1) is 20.8 Å². The van der Waals surface area contributed by atoms with Crippen LogP contribution in [0.25, 0.3) is 0 Å². The van der Waals surface area contributed by atoms with Crippen LogP contribution >= 0.6 is 0 Å². The number of aromatic hydroxyl groups is 1. The van der Waals surface area contributed by atoms with Gasteiger partial charge in [-0.05, 0) is 50.8 Å². The van der Waals surface area contributed by atoms with Crippen LogP contribution in [-0.2, 0) is 16.0 Å². The number of ether oxygens (including phenoxy) is 2. The molecule has 0 spiro atoms. The van der Waals surface area contributed by atoms with Crippen molar-refractivity contribution in [2.45, 2.75) is 76.8 Å². The number of amides is 1. The van der Waals surface area contributed by atoms with E-state index in [1.54, 1.807) is 20.8 Å². The Bertz CT molecular complexity index is 812. The fourth-order valence-corrected chi connectivity index (χ4v) is 3.96. The third-order valence-electron chi connectivity index (χ3n) is 6.20. The molecule has 0 saturated carbocycles. The molecule has 0 aromatic heterocycles. The van der Waals surface area contributed by atoms with Gasteiger partial charge in [-0.3, -0.25) is 4.79 Å². The second-order valence-electron chi connectivity index (χ2n) is 8.09. The van der Waals surface area contributed by atoms with Crippen LogP contribution in [0.3, 0.4) is 0 Å². The van der Waals surface area contributed by atoms with Gasteiger partial charge in [-0.25, -0.2) is 0 Å². The summed E-state index contributed by atoms with van der Waals surface area (Å²) < 4.78 is 11.2. The summed E-state index contributed by atoms with van der Waals surface area (Å²) in [4.78, 5) is 13.0. The smallest absolute Gasteiger partial charge is 0.264 e. The molecule has 162 valence electrons. The molecule has 6 N–H and O–H groups in total. The van der Waals surface area contributed by atoms with E-state index in [0.29, 0.717) is 24.2 Å². The van der Waals surface area contributed by atoms with Crippen molar-refractivity contribution in [1.29, 1.82) is 0 Å². The largest absolute Gasteiger partial charge is 0.507 e. The van der Waals surface area contributed by atoms with Crippen LogP contribution in [0.2, 0.25) is 0 Å². The predicted octanol–water partition coefficient (Wildman–Crippen LogP) is -0.683. The third-order valence-corrected chi connectivity index (χ3v) is 6.20. The number of hydrogen-bond donors (Lipinski definition) is 6. The first-order valence-electron chi connectivity index (χ1n) is 9.64. The molecule has 6 atom stereocenters.